The van der Waals surface area contributed by atoms with E-state index in [1.165, 1.54) is 30.2 Å². The second-order valence-electron chi connectivity index (χ2n) is 8.33. The molecule has 8 nitrogen and oxygen atoms in total. The molecule has 3 rings (SSSR count). The Morgan fingerprint density at radius 3 is 2.36 bits per heavy atom. The number of anilines is 1. The molecule has 9 heteroatoms. The molecule has 0 aliphatic carbocycles. The van der Waals surface area contributed by atoms with Gasteiger partial charge >= 0.3 is 0 Å². The maximum Gasteiger partial charge on any atom is 0.270 e. The number of carboxylic acid groups (broad SMARTS) is 1. The quantitative estimate of drug-likeness (QED) is 0.393. The van der Waals surface area contributed by atoms with Crippen LogP contribution in [-0.2, 0) is 19.8 Å². The number of methoxy groups -OCH3 is 1. The van der Waals surface area contributed by atoms with Crippen molar-refractivity contribution in [2.45, 2.75) is 26.2 Å². The fourth-order valence-electron chi connectivity index (χ4n) is 3.20. The van der Waals surface area contributed by atoms with E-state index in [1.807, 2.05) is 12.1 Å². The van der Waals surface area contributed by atoms with Crippen molar-refractivity contribution in [2.24, 2.45) is 0 Å². The summed E-state index contributed by atoms with van der Waals surface area (Å²) in [7, 11) is 1.39. The molecule has 1 saturated heterocycles. The minimum atomic E-state index is -1.38. The molecule has 33 heavy (non-hydrogen) atoms. The first-order chi connectivity index (χ1) is 15.5. The van der Waals surface area contributed by atoms with Gasteiger partial charge in [-0.15, -0.1) is 0 Å². The van der Waals surface area contributed by atoms with E-state index >= 15 is 0 Å². The van der Waals surface area contributed by atoms with Crippen LogP contribution >= 0.6 is 12.2 Å². The van der Waals surface area contributed by atoms with Crippen molar-refractivity contribution in [1.82, 2.24) is 5.32 Å². The van der Waals surface area contributed by atoms with Crippen LogP contribution in [0.25, 0.3) is 6.08 Å². The molecular weight excluding hydrogens is 444 g/mol. The van der Waals surface area contributed by atoms with Crippen molar-refractivity contribution in [3.8, 4) is 11.5 Å². The van der Waals surface area contributed by atoms with Crippen LogP contribution in [0.3, 0.4) is 0 Å². The highest BCUT2D eigenvalue weighted by molar-refractivity contribution is 7.80. The Bertz CT molecular complexity index is 1150. The van der Waals surface area contributed by atoms with Crippen LogP contribution in [0.1, 0.15) is 31.9 Å². The largest absolute Gasteiger partial charge is 0.546 e. The minimum Gasteiger partial charge on any atom is -0.546 e. The fourth-order valence-corrected chi connectivity index (χ4v) is 3.48. The van der Waals surface area contributed by atoms with Crippen molar-refractivity contribution in [3.05, 3.63) is 59.2 Å². The molecule has 0 atom stereocenters. The number of hydrogen-bond donors (Lipinski definition) is 1. The normalized spacial score (nSPS) is 15.5. The van der Waals surface area contributed by atoms with Gasteiger partial charge in [-0.25, -0.2) is 0 Å². The Hall–Kier alpha value is -3.72. The Kier molecular flexibility index (Phi) is 6.83. The van der Waals surface area contributed by atoms with Gasteiger partial charge in [0.1, 0.15) is 12.2 Å². The van der Waals surface area contributed by atoms with Gasteiger partial charge in [0.25, 0.3) is 11.8 Å². The molecule has 0 spiro atoms. The molecule has 0 radical (unpaired) electrons. The van der Waals surface area contributed by atoms with E-state index in [4.69, 9.17) is 21.7 Å². The van der Waals surface area contributed by atoms with Crippen molar-refractivity contribution in [3.63, 3.8) is 0 Å². The lowest BCUT2D eigenvalue weighted by Crippen LogP contribution is -2.54. The number of benzene rings is 2. The van der Waals surface area contributed by atoms with Gasteiger partial charge < -0.3 is 19.4 Å². The molecule has 0 unspecified atom stereocenters. The number of aliphatic carboxylic acids is 1. The Labute approximate surface area is 196 Å². The van der Waals surface area contributed by atoms with Gasteiger partial charge in [0, 0.05) is 0 Å². The third kappa shape index (κ3) is 5.38. The lowest BCUT2D eigenvalue weighted by molar-refractivity contribution is -0.307. The number of carbonyl (C=O) groups excluding carboxylic acids is 3. The van der Waals surface area contributed by atoms with Gasteiger partial charge in [0.05, 0.1) is 18.8 Å². The molecule has 0 aromatic heterocycles. The Morgan fingerprint density at radius 1 is 1.12 bits per heavy atom. The highest BCUT2D eigenvalue weighted by Crippen LogP contribution is 2.30. The smallest absolute Gasteiger partial charge is 0.270 e. The fraction of sp³-hybridized carbons (Fsp3) is 0.250. The van der Waals surface area contributed by atoms with Gasteiger partial charge in [-0.1, -0.05) is 39.0 Å². The summed E-state index contributed by atoms with van der Waals surface area (Å²) in [5.41, 5.74) is 1.93. The zero-order valence-corrected chi connectivity index (χ0v) is 19.4. The lowest BCUT2D eigenvalue weighted by Gasteiger charge is -2.29. The third-order valence-electron chi connectivity index (χ3n) is 4.94. The topological polar surface area (TPSA) is 108 Å². The lowest BCUT2D eigenvalue weighted by atomic mass is 9.87. The summed E-state index contributed by atoms with van der Waals surface area (Å²) < 4.78 is 10.3. The predicted octanol–water partition coefficient (Wildman–Crippen LogP) is 1.95. The van der Waals surface area contributed by atoms with Gasteiger partial charge in [-0.05, 0) is 59.1 Å². The van der Waals surface area contributed by atoms with E-state index < -0.39 is 24.4 Å². The summed E-state index contributed by atoms with van der Waals surface area (Å²) in [6.07, 6.45) is 1.40. The molecule has 1 fully saturated rings. The monoisotopic (exact) mass is 467 g/mol. The first kappa shape index (κ1) is 23.9. The highest BCUT2D eigenvalue weighted by atomic mass is 32.1. The zero-order valence-electron chi connectivity index (χ0n) is 18.6. The predicted molar refractivity (Wildman–Crippen MR) is 125 cm³/mol. The zero-order chi connectivity index (χ0) is 24.3. The number of carbonyl (C=O) groups is 3. The number of amides is 2. The van der Waals surface area contributed by atoms with Crippen LogP contribution in [0.4, 0.5) is 5.69 Å². The maximum atomic E-state index is 13.2. The second-order valence-corrected chi connectivity index (χ2v) is 8.71. The minimum absolute atomic E-state index is 0.00531. The summed E-state index contributed by atoms with van der Waals surface area (Å²) in [6, 6.07) is 12.0. The van der Waals surface area contributed by atoms with Crippen LogP contribution in [0, 0.1) is 0 Å². The SMILES string of the molecule is COc1cc(/C=C2\C(=O)NC(=S)N(c3ccc(C(C)(C)C)cc3)C2=O)ccc1OCC(=O)[O-]. The van der Waals surface area contributed by atoms with Crippen molar-refractivity contribution < 1.29 is 29.0 Å². The number of carboxylic acids is 1. The van der Waals surface area contributed by atoms with Crippen molar-refractivity contribution in [1.29, 1.82) is 0 Å². The van der Waals surface area contributed by atoms with E-state index in [-0.39, 0.29) is 27.6 Å². The van der Waals surface area contributed by atoms with Crippen molar-refractivity contribution >= 4 is 46.9 Å². The summed E-state index contributed by atoms with van der Waals surface area (Å²) in [5, 5.41) is 13.2. The number of nitrogens with zero attached hydrogens (tertiary/aromatic N) is 1. The summed E-state index contributed by atoms with van der Waals surface area (Å²) in [6.45, 7) is 5.62. The molecule has 0 bridgehead atoms. The van der Waals surface area contributed by atoms with Gasteiger partial charge in [-0.3, -0.25) is 19.8 Å². The number of hydrogen-bond acceptors (Lipinski definition) is 7. The summed E-state index contributed by atoms with van der Waals surface area (Å²) in [5.74, 6) is -2.14. The molecule has 1 aliphatic rings. The Morgan fingerprint density at radius 2 is 1.79 bits per heavy atom. The molecule has 1 aliphatic heterocycles. The third-order valence-corrected chi connectivity index (χ3v) is 5.22. The van der Waals surface area contributed by atoms with Gasteiger partial charge in [0.15, 0.2) is 16.6 Å². The molecule has 1 heterocycles. The molecule has 0 saturated carbocycles. The number of rotatable bonds is 6. The van der Waals surface area contributed by atoms with E-state index in [1.54, 1.807) is 18.2 Å². The number of nitrogens with one attached hydrogen (secondary N) is 1. The molecule has 2 aromatic carbocycles. The summed E-state index contributed by atoms with van der Waals surface area (Å²) >= 11 is 5.25. The van der Waals surface area contributed by atoms with E-state index in [2.05, 4.69) is 26.1 Å². The second kappa shape index (κ2) is 9.41. The Balaban J connectivity index is 1.93. The van der Waals surface area contributed by atoms with Crippen LogP contribution in [0.2, 0.25) is 0 Å². The van der Waals surface area contributed by atoms with E-state index in [0.29, 0.717) is 11.3 Å². The van der Waals surface area contributed by atoms with Crippen LogP contribution in [0.15, 0.2) is 48.0 Å². The van der Waals surface area contributed by atoms with Gasteiger partial charge in [-0.2, -0.15) is 0 Å². The molecule has 172 valence electrons. The van der Waals surface area contributed by atoms with E-state index in [9.17, 15) is 19.5 Å². The first-order valence-corrected chi connectivity index (χ1v) is 10.4. The molecule has 1 N–H and O–H groups in total. The molecule has 2 aromatic rings. The highest BCUT2D eigenvalue weighted by Gasteiger charge is 2.34. The van der Waals surface area contributed by atoms with Crippen molar-refractivity contribution in [2.75, 3.05) is 18.6 Å². The average molecular weight is 468 g/mol. The van der Waals surface area contributed by atoms with Crippen LogP contribution < -0.4 is 24.8 Å². The molecule has 2 amide bonds. The summed E-state index contributed by atoms with van der Waals surface area (Å²) in [4.78, 5) is 37.7. The first-order valence-electron chi connectivity index (χ1n) is 10.0. The number of ether oxygens (including phenoxy) is 2. The van der Waals surface area contributed by atoms with Gasteiger partial charge in [0.2, 0.25) is 0 Å². The van der Waals surface area contributed by atoms with E-state index in [0.717, 1.165) is 5.56 Å². The molecular formula is C24H23N2O6S-. The maximum absolute atomic E-state index is 13.2. The average Bonchev–Trinajstić information content (AvgIpc) is 2.75. The standard InChI is InChI=1S/C24H24N2O6S/c1-24(2,3)15-6-8-16(9-7-15)26-22(30)17(21(29)25-23(26)33)11-14-5-10-18(19(12-14)31-4)32-13-20(27)28/h5-12H,13H2,1-4H3,(H,27,28)(H,25,29,33)/p-1/b17-11+. The number of thiocarbonyl (C=S) groups is 1. The van der Waals surface area contributed by atoms with Crippen LogP contribution in [-0.4, -0.2) is 36.6 Å². The van der Waals surface area contributed by atoms with Crippen LogP contribution in [0.5, 0.6) is 11.5 Å².